The second-order valence-electron chi connectivity index (χ2n) is 4.89. The molecule has 0 radical (unpaired) electrons. The van der Waals surface area contributed by atoms with Crippen molar-refractivity contribution in [2.75, 3.05) is 6.54 Å². The highest BCUT2D eigenvalue weighted by molar-refractivity contribution is 5.90. The van der Waals surface area contributed by atoms with Crippen LogP contribution in [0.4, 0.5) is 13.2 Å². The van der Waals surface area contributed by atoms with Gasteiger partial charge in [-0.15, -0.1) is 0 Å². The van der Waals surface area contributed by atoms with Crippen LogP contribution in [0.15, 0.2) is 24.3 Å². The van der Waals surface area contributed by atoms with E-state index in [9.17, 15) is 22.8 Å². The molecule has 1 fully saturated rings. The molecule has 2 N–H and O–H groups in total. The fourth-order valence-corrected chi connectivity index (χ4v) is 2.12. The average molecular weight is 300 g/mol. The lowest BCUT2D eigenvalue weighted by Crippen LogP contribution is -2.42. The van der Waals surface area contributed by atoms with Gasteiger partial charge in [0.2, 0.25) is 11.8 Å². The molecule has 1 heterocycles. The molecule has 1 aromatic rings. The van der Waals surface area contributed by atoms with Gasteiger partial charge in [0.05, 0.1) is 5.56 Å². The molecule has 0 bridgehead atoms. The van der Waals surface area contributed by atoms with Crippen LogP contribution < -0.4 is 10.6 Å². The molecule has 1 aromatic carbocycles. The van der Waals surface area contributed by atoms with Gasteiger partial charge < -0.3 is 10.6 Å². The van der Waals surface area contributed by atoms with Crippen LogP contribution in [0.25, 0.3) is 0 Å². The Bertz CT molecular complexity index is 526. The highest BCUT2D eigenvalue weighted by atomic mass is 19.4. The zero-order chi connectivity index (χ0) is 15.5. The summed E-state index contributed by atoms with van der Waals surface area (Å²) in [5, 5.41) is 5.21. The summed E-state index contributed by atoms with van der Waals surface area (Å²) in [6.45, 7) is 0.316. The smallest absolute Gasteiger partial charge is 0.354 e. The Balaban J connectivity index is 1.78. The first-order valence-corrected chi connectivity index (χ1v) is 6.59. The topological polar surface area (TPSA) is 58.2 Å². The third kappa shape index (κ3) is 4.21. The number of hydrogen-bond donors (Lipinski definition) is 2. The van der Waals surface area contributed by atoms with Gasteiger partial charge in [-0.2, -0.15) is 13.2 Å². The second-order valence-corrected chi connectivity index (χ2v) is 4.89. The zero-order valence-corrected chi connectivity index (χ0v) is 11.2. The van der Waals surface area contributed by atoms with Crippen LogP contribution in [0.3, 0.4) is 0 Å². The first kappa shape index (κ1) is 15.3. The third-order valence-electron chi connectivity index (χ3n) is 3.31. The fraction of sp³-hybridized carbons (Fsp3) is 0.429. The van der Waals surface area contributed by atoms with E-state index in [-0.39, 0.29) is 11.8 Å². The van der Waals surface area contributed by atoms with Gasteiger partial charge in [0.25, 0.3) is 0 Å². The van der Waals surface area contributed by atoms with E-state index >= 15 is 0 Å². The van der Waals surface area contributed by atoms with Gasteiger partial charge in [-0.1, -0.05) is 12.1 Å². The molecule has 0 saturated carbocycles. The minimum absolute atomic E-state index is 0.141. The van der Waals surface area contributed by atoms with Crippen molar-refractivity contribution in [2.45, 2.75) is 31.5 Å². The average Bonchev–Trinajstić information content (AvgIpc) is 2.85. The van der Waals surface area contributed by atoms with Crippen LogP contribution in [-0.4, -0.2) is 24.4 Å². The van der Waals surface area contributed by atoms with Crippen molar-refractivity contribution in [1.82, 2.24) is 10.6 Å². The molecule has 1 atom stereocenters. The Morgan fingerprint density at radius 1 is 1.29 bits per heavy atom. The van der Waals surface area contributed by atoms with Crippen molar-refractivity contribution in [1.29, 1.82) is 0 Å². The molecule has 1 saturated heterocycles. The van der Waals surface area contributed by atoms with Gasteiger partial charge in [-0.05, 0) is 30.5 Å². The van der Waals surface area contributed by atoms with Crippen LogP contribution in [0.1, 0.15) is 24.0 Å². The summed E-state index contributed by atoms with van der Waals surface area (Å²) in [5.74, 6) is -0.398. The Kier molecular flexibility index (Phi) is 4.50. The van der Waals surface area contributed by atoms with Crippen molar-refractivity contribution in [3.05, 3.63) is 35.4 Å². The zero-order valence-electron chi connectivity index (χ0n) is 11.2. The molecule has 7 heteroatoms. The second kappa shape index (κ2) is 6.15. The molecule has 1 aliphatic rings. The van der Waals surface area contributed by atoms with Gasteiger partial charge in [0.1, 0.15) is 6.04 Å². The molecule has 2 amide bonds. The fourth-order valence-electron chi connectivity index (χ4n) is 2.12. The van der Waals surface area contributed by atoms with Gasteiger partial charge in [-0.3, -0.25) is 9.59 Å². The summed E-state index contributed by atoms with van der Waals surface area (Å²) >= 11 is 0. The van der Waals surface area contributed by atoms with E-state index in [0.717, 1.165) is 12.1 Å². The molecule has 1 unspecified atom stereocenters. The summed E-state index contributed by atoms with van der Waals surface area (Å²) < 4.78 is 37.2. The molecule has 4 nitrogen and oxygen atoms in total. The van der Waals surface area contributed by atoms with Gasteiger partial charge >= 0.3 is 6.18 Å². The molecule has 2 rings (SSSR count). The van der Waals surface area contributed by atoms with Crippen LogP contribution in [0.2, 0.25) is 0 Å². The predicted molar refractivity (Wildman–Crippen MR) is 69.3 cm³/mol. The number of nitrogens with one attached hydrogen (secondary N) is 2. The molecule has 114 valence electrons. The normalized spacial score (nSPS) is 18.4. The molecule has 0 aromatic heterocycles. The van der Waals surface area contributed by atoms with Crippen LogP contribution in [0.5, 0.6) is 0 Å². The van der Waals surface area contributed by atoms with Crippen molar-refractivity contribution in [3.63, 3.8) is 0 Å². The maximum Gasteiger partial charge on any atom is 0.416 e. The largest absolute Gasteiger partial charge is 0.416 e. The Hall–Kier alpha value is -2.05. The number of carbonyl (C=O) groups excluding carboxylic acids is 2. The molecule has 1 aliphatic heterocycles. The lowest BCUT2D eigenvalue weighted by Gasteiger charge is -2.11. The molecule has 0 spiro atoms. The number of halogens is 3. The van der Waals surface area contributed by atoms with Crippen LogP contribution in [-0.2, 0) is 22.2 Å². The number of rotatable bonds is 4. The van der Waals surface area contributed by atoms with E-state index in [2.05, 4.69) is 10.6 Å². The van der Waals surface area contributed by atoms with Crippen molar-refractivity contribution in [2.24, 2.45) is 0 Å². The molecule has 0 aliphatic carbocycles. The minimum Gasteiger partial charge on any atom is -0.354 e. The maximum absolute atomic E-state index is 12.4. The summed E-state index contributed by atoms with van der Waals surface area (Å²) in [6, 6.07) is 4.34. The van der Waals surface area contributed by atoms with E-state index in [1.54, 1.807) is 0 Å². The summed E-state index contributed by atoms with van der Waals surface area (Å²) in [7, 11) is 0. The van der Waals surface area contributed by atoms with Crippen LogP contribution >= 0.6 is 0 Å². The third-order valence-corrected chi connectivity index (χ3v) is 3.31. The number of hydrogen-bond acceptors (Lipinski definition) is 2. The summed E-state index contributed by atoms with van der Waals surface area (Å²) in [5.41, 5.74) is 0.0164. The van der Waals surface area contributed by atoms with E-state index in [4.69, 9.17) is 0 Å². The Morgan fingerprint density at radius 2 is 1.95 bits per heavy atom. The maximum atomic E-state index is 12.4. The lowest BCUT2D eigenvalue weighted by atomic mass is 10.1. The Labute approximate surface area is 119 Å². The highest BCUT2D eigenvalue weighted by Crippen LogP contribution is 2.29. The van der Waals surface area contributed by atoms with E-state index in [0.29, 0.717) is 31.4 Å². The summed E-state index contributed by atoms with van der Waals surface area (Å²) in [4.78, 5) is 22.7. The van der Waals surface area contributed by atoms with Crippen molar-refractivity contribution in [3.8, 4) is 0 Å². The van der Waals surface area contributed by atoms with E-state index < -0.39 is 17.8 Å². The quantitative estimate of drug-likeness (QED) is 0.888. The first-order chi connectivity index (χ1) is 9.86. The van der Waals surface area contributed by atoms with E-state index in [1.165, 1.54) is 12.1 Å². The molecule has 21 heavy (non-hydrogen) atoms. The number of carbonyl (C=O) groups is 2. The van der Waals surface area contributed by atoms with Crippen molar-refractivity contribution >= 4 is 11.8 Å². The van der Waals surface area contributed by atoms with Gasteiger partial charge in [-0.25, -0.2) is 0 Å². The van der Waals surface area contributed by atoms with Gasteiger partial charge in [0, 0.05) is 13.0 Å². The number of amides is 2. The minimum atomic E-state index is -4.34. The van der Waals surface area contributed by atoms with E-state index in [1.807, 2.05) is 0 Å². The number of benzene rings is 1. The number of alkyl halides is 3. The molecular weight excluding hydrogens is 285 g/mol. The first-order valence-electron chi connectivity index (χ1n) is 6.59. The van der Waals surface area contributed by atoms with Crippen LogP contribution in [0, 0.1) is 0 Å². The summed E-state index contributed by atoms with van der Waals surface area (Å²) in [6.07, 6.45) is -3.08. The molecular formula is C14H15F3N2O2. The lowest BCUT2D eigenvalue weighted by molar-refractivity contribution is -0.137. The SMILES string of the molecule is O=C1CCC(C(=O)NCCc2ccc(C(F)(F)F)cc2)N1. The van der Waals surface area contributed by atoms with Gasteiger partial charge in [0.15, 0.2) is 0 Å². The monoisotopic (exact) mass is 300 g/mol. The standard InChI is InChI=1S/C14H15F3N2O2/c15-14(16,17)10-3-1-9(2-4-10)7-8-18-13(21)11-5-6-12(20)19-11/h1-4,11H,5-8H2,(H,18,21)(H,19,20). The predicted octanol–water partition coefficient (Wildman–Crippen LogP) is 1.64. The van der Waals surface area contributed by atoms with Crippen molar-refractivity contribution < 1.29 is 22.8 Å². The highest BCUT2D eigenvalue weighted by Gasteiger charge is 2.30. The Morgan fingerprint density at radius 3 is 2.48 bits per heavy atom.